The lowest BCUT2D eigenvalue weighted by Gasteiger charge is -2.25. The Kier molecular flexibility index (Phi) is 5.19. The third kappa shape index (κ3) is 3.84. The summed E-state index contributed by atoms with van der Waals surface area (Å²) >= 11 is 0. The van der Waals surface area contributed by atoms with Crippen molar-refractivity contribution in [1.29, 1.82) is 0 Å². The van der Waals surface area contributed by atoms with Gasteiger partial charge in [-0.25, -0.2) is 0 Å². The molecule has 0 bridgehead atoms. The first-order valence-corrected chi connectivity index (χ1v) is 7.27. The Labute approximate surface area is 121 Å². The van der Waals surface area contributed by atoms with Gasteiger partial charge in [-0.05, 0) is 31.0 Å². The van der Waals surface area contributed by atoms with Crippen LogP contribution in [0.5, 0.6) is 0 Å². The van der Waals surface area contributed by atoms with Gasteiger partial charge in [0.15, 0.2) is 0 Å². The van der Waals surface area contributed by atoms with E-state index in [1.807, 2.05) is 18.2 Å². The summed E-state index contributed by atoms with van der Waals surface area (Å²) in [5.41, 5.74) is 3.40. The molecule has 0 aliphatic rings. The number of benzene rings is 2. The molecule has 2 nitrogen and oxygen atoms in total. The van der Waals surface area contributed by atoms with Gasteiger partial charge < -0.3 is 10.4 Å². The van der Waals surface area contributed by atoms with Gasteiger partial charge in [0.1, 0.15) is 0 Å². The summed E-state index contributed by atoms with van der Waals surface area (Å²) in [6.07, 6.45) is 1.38. The van der Waals surface area contributed by atoms with E-state index in [9.17, 15) is 5.11 Å². The predicted molar refractivity (Wildman–Crippen MR) is 84.9 cm³/mol. The molecule has 2 aromatic rings. The molecule has 20 heavy (non-hydrogen) atoms. The molecule has 0 radical (unpaired) electrons. The lowest BCUT2D eigenvalue weighted by Crippen LogP contribution is -2.25. The van der Waals surface area contributed by atoms with E-state index < -0.39 is 0 Å². The quantitative estimate of drug-likeness (QED) is 0.819. The van der Waals surface area contributed by atoms with Crippen molar-refractivity contribution in [2.75, 3.05) is 5.32 Å². The highest BCUT2D eigenvalue weighted by Crippen LogP contribution is 2.25. The van der Waals surface area contributed by atoms with Gasteiger partial charge in [0.25, 0.3) is 0 Å². The maximum atomic E-state index is 10.4. The van der Waals surface area contributed by atoms with Crippen LogP contribution >= 0.6 is 0 Å². The number of hydrogen-bond donors (Lipinski definition) is 2. The predicted octanol–water partition coefficient (Wildman–Crippen LogP) is 4.31. The number of aryl methyl sites for hydroxylation is 1. The second-order valence-corrected chi connectivity index (χ2v) is 5.25. The van der Waals surface area contributed by atoms with E-state index in [0.29, 0.717) is 0 Å². The minimum absolute atomic E-state index is 0.0705. The van der Waals surface area contributed by atoms with Crippen LogP contribution in [0, 0.1) is 6.92 Å². The van der Waals surface area contributed by atoms with Gasteiger partial charge in [-0.1, -0.05) is 61.4 Å². The van der Waals surface area contributed by atoms with Crippen LogP contribution in [-0.2, 0) is 0 Å². The van der Waals surface area contributed by atoms with Gasteiger partial charge in [0.2, 0.25) is 0 Å². The minimum atomic E-state index is -0.385. The fourth-order valence-electron chi connectivity index (χ4n) is 2.35. The Hall–Kier alpha value is -1.80. The van der Waals surface area contributed by atoms with Crippen LogP contribution in [0.4, 0.5) is 5.69 Å². The Bertz CT molecular complexity index is 507. The van der Waals surface area contributed by atoms with Crippen LogP contribution in [-0.4, -0.2) is 11.2 Å². The average molecular weight is 269 g/mol. The highest BCUT2D eigenvalue weighted by molar-refractivity contribution is 5.47. The maximum Gasteiger partial charge on any atom is 0.0783 e. The first kappa shape index (κ1) is 14.6. The van der Waals surface area contributed by atoms with Gasteiger partial charge in [0.05, 0.1) is 12.1 Å². The minimum Gasteiger partial charge on any atom is -0.391 e. The van der Waals surface area contributed by atoms with Crippen molar-refractivity contribution in [2.45, 2.75) is 38.8 Å². The van der Waals surface area contributed by atoms with Crippen molar-refractivity contribution < 1.29 is 5.11 Å². The van der Waals surface area contributed by atoms with Crippen molar-refractivity contribution in [2.24, 2.45) is 0 Å². The van der Waals surface area contributed by atoms with E-state index in [0.717, 1.165) is 24.1 Å². The van der Waals surface area contributed by atoms with Gasteiger partial charge in [0, 0.05) is 5.69 Å². The Balaban J connectivity index is 2.20. The Morgan fingerprint density at radius 1 is 1.00 bits per heavy atom. The van der Waals surface area contributed by atoms with Gasteiger partial charge >= 0.3 is 0 Å². The first-order chi connectivity index (χ1) is 9.70. The average Bonchev–Trinajstić information content (AvgIpc) is 2.48. The molecule has 2 atom stereocenters. The van der Waals surface area contributed by atoms with E-state index in [-0.39, 0.29) is 12.1 Å². The fourth-order valence-corrected chi connectivity index (χ4v) is 2.35. The lowest BCUT2D eigenvalue weighted by molar-refractivity contribution is 0.142. The molecule has 0 saturated heterocycles. The SMILES string of the molecule is CCC[C@H](O)[C@@H](Nc1ccc(C)cc1)c1ccccc1. The van der Waals surface area contributed by atoms with E-state index >= 15 is 0 Å². The van der Waals surface area contributed by atoms with Crippen LogP contribution in [0.15, 0.2) is 54.6 Å². The lowest BCUT2D eigenvalue weighted by atomic mass is 9.98. The van der Waals surface area contributed by atoms with Crippen LogP contribution in [0.1, 0.15) is 36.9 Å². The Morgan fingerprint density at radius 3 is 2.25 bits per heavy atom. The van der Waals surface area contributed by atoms with Crippen LogP contribution < -0.4 is 5.32 Å². The fraction of sp³-hybridized carbons (Fsp3) is 0.333. The number of rotatable bonds is 6. The summed E-state index contributed by atoms with van der Waals surface area (Å²) in [7, 11) is 0. The van der Waals surface area contributed by atoms with Crippen LogP contribution in [0.3, 0.4) is 0 Å². The number of anilines is 1. The highest BCUT2D eigenvalue weighted by atomic mass is 16.3. The highest BCUT2D eigenvalue weighted by Gasteiger charge is 2.20. The number of nitrogens with one attached hydrogen (secondary N) is 1. The molecule has 0 fully saturated rings. The summed E-state index contributed by atoms with van der Waals surface area (Å²) in [5, 5.41) is 13.9. The summed E-state index contributed by atoms with van der Waals surface area (Å²) in [4.78, 5) is 0. The van der Waals surface area contributed by atoms with Crippen molar-refractivity contribution in [3.05, 3.63) is 65.7 Å². The molecule has 0 aliphatic heterocycles. The largest absolute Gasteiger partial charge is 0.391 e. The zero-order valence-electron chi connectivity index (χ0n) is 12.2. The summed E-state index contributed by atoms with van der Waals surface area (Å²) in [6, 6.07) is 18.4. The van der Waals surface area contributed by atoms with Gasteiger partial charge in [-0.2, -0.15) is 0 Å². The second kappa shape index (κ2) is 7.11. The molecule has 0 spiro atoms. The topological polar surface area (TPSA) is 32.3 Å². The molecule has 0 saturated carbocycles. The molecule has 106 valence electrons. The maximum absolute atomic E-state index is 10.4. The van der Waals surface area contributed by atoms with E-state index in [1.54, 1.807) is 0 Å². The van der Waals surface area contributed by atoms with Gasteiger partial charge in [-0.15, -0.1) is 0 Å². The molecule has 0 aliphatic carbocycles. The number of hydrogen-bond acceptors (Lipinski definition) is 2. The van der Waals surface area contributed by atoms with Crippen molar-refractivity contribution in [3.8, 4) is 0 Å². The molecule has 0 unspecified atom stereocenters. The third-order valence-corrected chi connectivity index (χ3v) is 3.50. The first-order valence-electron chi connectivity index (χ1n) is 7.27. The molecule has 2 aromatic carbocycles. The molecule has 2 rings (SSSR count). The third-order valence-electron chi connectivity index (χ3n) is 3.50. The molecule has 2 heteroatoms. The zero-order valence-corrected chi connectivity index (χ0v) is 12.2. The molecule has 2 N–H and O–H groups in total. The van der Waals surface area contributed by atoms with Crippen molar-refractivity contribution >= 4 is 5.69 Å². The standard InChI is InChI=1S/C18H23NO/c1-3-7-17(20)18(15-8-5-4-6-9-15)19-16-12-10-14(2)11-13-16/h4-6,8-13,17-20H,3,7H2,1-2H3/t17-,18-/m0/s1. The molecular formula is C18H23NO. The molecule has 0 amide bonds. The molecule has 0 heterocycles. The van der Waals surface area contributed by atoms with Crippen molar-refractivity contribution in [3.63, 3.8) is 0 Å². The van der Waals surface area contributed by atoms with Crippen LogP contribution in [0.25, 0.3) is 0 Å². The van der Waals surface area contributed by atoms with E-state index in [1.165, 1.54) is 5.56 Å². The van der Waals surface area contributed by atoms with E-state index in [4.69, 9.17) is 0 Å². The van der Waals surface area contributed by atoms with Gasteiger partial charge in [-0.3, -0.25) is 0 Å². The zero-order chi connectivity index (χ0) is 14.4. The number of aliphatic hydroxyl groups is 1. The summed E-state index contributed by atoms with van der Waals surface area (Å²) < 4.78 is 0. The van der Waals surface area contributed by atoms with E-state index in [2.05, 4.69) is 55.6 Å². The van der Waals surface area contributed by atoms with Crippen molar-refractivity contribution in [1.82, 2.24) is 0 Å². The molecule has 0 aromatic heterocycles. The monoisotopic (exact) mass is 269 g/mol. The normalized spacial score (nSPS) is 13.8. The molecular weight excluding hydrogens is 246 g/mol. The second-order valence-electron chi connectivity index (χ2n) is 5.25. The Morgan fingerprint density at radius 2 is 1.65 bits per heavy atom. The number of aliphatic hydroxyl groups excluding tert-OH is 1. The smallest absolute Gasteiger partial charge is 0.0783 e. The summed E-state index contributed by atoms with van der Waals surface area (Å²) in [6.45, 7) is 4.17. The summed E-state index contributed by atoms with van der Waals surface area (Å²) in [5.74, 6) is 0. The van der Waals surface area contributed by atoms with Crippen LogP contribution in [0.2, 0.25) is 0 Å².